The summed E-state index contributed by atoms with van der Waals surface area (Å²) in [6.07, 6.45) is 12.2. The molecule has 0 heterocycles. The summed E-state index contributed by atoms with van der Waals surface area (Å²) in [7, 11) is 0. The van der Waals surface area contributed by atoms with Crippen molar-refractivity contribution < 1.29 is 4.79 Å². The van der Waals surface area contributed by atoms with Crippen molar-refractivity contribution in [2.45, 2.75) is 78.6 Å². The molecular formula is C18H32O. The van der Waals surface area contributed by atoms with Crippen LogP contribution in [0.2, 0.25) is 0 Å². The summed E-state index contributed by atoms with van der Waals surface area (Å²) in [6, 6.07) is 0. The molecule has 2 unspecified atom stereocenters. The Morgan fingerprint density at radius 1 is 1.37 bits per heavy atom. The third kappa shape index (κ3) is 5.50. The van der Waals surface area contributed by atoms with E-state index in [0.29, 0.717) is 29.5 Å². The third-order valence-electron chi connectivity index (χ3n) is 4.72. The molecule has 19 heavy (non-hydrogen) atoms. The molecule has 0 amide bonds. The van der Waals surface area contributed by atoms with Crippen molar-refractivity contribution in [3.63, 3.8) is 0 Å². The first-order valence-corrected chi connectivity index (χ1v) is 8.14. The molecule has 1 heteroatoms. The zero-order chi connectivity index (χ0) is 14.3. The monoisotopic (exact) mass is 264 g/mol. The summed E-state index contributed by atoms with van der Waals surface area (Å²) in [5.74, 6) is 1.46. The maximum absolute atomic E-state index is 12.4. The van der Waals surface area contributed by atoms with Gasteiger partial charge in [-0.1, -0.05) is 46.1 Å². The lowest BCUT2D eigenvalue weighted by Gasteiger charge is -2.40. The van der Waals surface area contributed by atoms with E-state index in [1.165, 1.54) is 38.5 Å². The molecule has 0 saturated heterocycles. The average molecular weight is 264 g/mol. The summed E-state index contributed by atoms with van der Waals surface area (Å²) < 4.78 is 0. The first-order chi connectivity index (χ1) is 9.00. The molecule has 1 saturated carbocycles. The molecular weight excluding hydrogens is 232 g/mol. The highest BCUT2D eigenvalue weighted by Gasteiger charge is 2.37. The number of carbonyl (C=O) groups is 1. The van der Waals surface area contributed by atoms with Crippen LogP contribution in [0.25, 0.3) is 0 Å². The van der Waals surface area contributed by atoms with Crippen molar-refractivity contribution in [2.24, 2.45) is 17.3 Å². The van der Waals surface area contributed by atoms with Crippen LogP contribution in [0.3, 0.4) is 0 Å². The van der Waals surface area contributed by atoms with E-state index in [9.17, 15) is 4.79 Å². The van der Waals surface area contributed by atoms with Crippen LogP contribution in [0.15, 0.2) is 12.7 Å². The zero-order valence-electron chi connectivity index (χ0n) is 13.2. The number of hydrogen-bond acceptors (Lipinski definition) is 1. The molecule has 1 fully saturated rings. The van der Waals surface area contributed by atoms with Crippen molar-refractivity contribution in [2.75, 3.05) is 0 Å². The van der Waals surface area contributed by atoms with Gasteiger partial charge in [-0.05, 0) is 43.4 Å². The van der Waals surface area contributed by atoms with Crippen molar-refractivity contribution in [1.29, 1.82) is 0 Å². The summed E-state index contributed by atoms with van der Waals surface area (Å²) >= 11 is 0. The van der Waals surface area contributed by atoms with Gasteiger partial charge in [0.25, 0.3) is 0 Å². The molecule has 1 rings (SSSR count). The number of hydrogen-bond donors (Lipinski definition) is 0. The van der Waals surface area contributed by atoms with Crippen LogP contribution in [0.1, 0.15) is 78.6 Å². The molecule has 110 valence electrons. The van der Waals surface area contributed by atoms with E-state index in [2.05, 4.69) is 27.4 Å². The van der Waals surface area contributed by atoms with Gasteiger partial charge in [-0.2, -0.15) is 0 Å². The Labute approximate surface area is 119 Å². The first kappa shape index (κ1) is 16.5. The molecule has 0 aromatic rings. The van der Waals surface area contributed by atoms with E-state index in [1.54, 1.807) is 0 Å². The molecule has 0 spiro atoms. The van der Waals surface area contributed by atoms with Crippen LogP contribution in [-0.2, 0) is 4.79 Å². The molecule has 1 aliphatic carbocycles. The summed E-state index contributed by atoms with van der Waals surface area (Å²) in [5.41, 5.74) is 0.357. The molecule has 1 nitrogen and oxygen atoms in total. The predicted octanol–water partition coefficient (Wildman–Crippen LogP) is 5.54. The van der Waals surface area contributed by atoms with Crippen molar-refractivity contribution >= 4 is 5.78 Å². The molecule has 1 aliphatic rings. The van der Waals surface area contributed by atoms with E-state index in [4.69, 9.17) is 0 Å². The Balaban J connectivity index is 2.60. The largest absolute Gasteiger partial charge is 0.299 e. The number of Topliss-reactive ketones (excluding diaryl/α,β-unsaturated/α-hetero) is 1. The minimum Gasteiger partial charge on any atom is -0.299 e. The molecule has 0 N–H and O–H groups in total. The van der Waals surface area contributed by atoms with Gasteiger partial charge in [0, 0.05) is 12.3 Å². The summed E-state index contributed by atoms with van der Waals surface area (Å²) in [4.78, 5) is 12.4. The Hall–Kier alpha value is -0.590. The molecule has 0 aromatic heterocycles. The zero-order valence-corrected chi connectivity index (χ0v) is 13.2. The minimum absolute atomic E-state index is 0.320. The fourth-order valence-corrected chi connectivity index (χ4v) is 3.45. The molecule has 0 bridgehead atoms. The Kier molecular flexibility index (Phi) is 6.82. The SMILES string of the molecule is C=CCCC(=O)C1CC(C)(C)CCC1CCCCC. The van der Waals surface area contributed by atoms with E-state index in [0.717, 1.165) is 12.8 Å². The lowest BCUT2D eigenvalue weighted by Crippen LogP contribution is -2.34. The van der Waals surface area contributed by atoms with Gasteiger partial charge in [0.2, 0.25) is 0 Å². The second kappa shape index (κ2) is 7.87. The second-order valence-electron chi connectivity index (χ2n) is 7.06. The van der Waals surface area contributed by atoms with E-state index >= 15 is 0 Å². The Morgan fingerprint density at radius 3 is 2.74 bits per heavy atom. The number of ketones is 1. The highest BCUT2D eigenvalue weighted by atomic mass is 16.1. The third-order valence-corrected chi connectivity index (χ3v) is 4.72. The maximum Gasteiger partial charge on any atom is 0.136 e. The number of carbonyl (C=O) groups excluding carboxylic acids is 1. The van der Waals surface area contributed by atoms with Gasteiger partial charge in [0.1, 0.15) is 5.78 Å². The number of allylic oxidation sites excluding steroid dienone is 1. The normalized spacial score (nSPS) is 26.1. The Morgan fingerprint density at radius 2 is 2.11 bits per heavy atom. The molecule has 0 radical (unpaired) electrons. The fraction of sp³-hybridized carbons (Fsp3) is 0.833. The summed E-state index contributed by atoms with van der Waals surface area (Å²) in [6.45, 7) is 10.6. The van der Waals surface area contributed by atoms with Crippen LogP contribution in [0, 0.1) is 17.3 Å². The average Bonchev–Trinajstić information content (AvgIpc) is 2.37. The molecule has 2 atom stereocenters. The predicted molar refractivity (Wildman–Crippen MR) is 83.2 cm³/mol. The molecule has 0 aromatic carbocycles. The highest BCUT2D eigenvalue weighted by Crippen LogP contribution is 2.44. The fourth-order valence-electron chi connectivity index (χ4n) is 3.45. The van der Waals surface area contributed by atoms with Crippen molar-refractivity contribution in [3.8, 4) is 0 Å². The maximum atomic E-state index is 12.4. The standard InChI is InChI=1S/C18H32O/c1-5-7-9-10-15-12-13-18(3,4)14-16(15)17(19)11-8-6-2/h6,15-16H,2,5,7-14H2,1,3-4H3. The van der Waals surface area contributed by atoms with E-state index < -0.39 is 0 Å². The second-order valence-corrected chi connectivity index (χ2v) is 7.06. The van der Waals surface area contributed by atoms with Gasteiger partial charge in [-0.3, -0.25) is 4.79 Å². The highest BCUT2D eigenvalue weighted by molar-refractivity contribution is 5.81. The van der Waals surface area contributed by atoms with Gasteiger partial charge in [0.15, 0.2) is 0 Å². The topological polar surface area (TPSA) is 17.1 Å². The van der Waals surface area contributed by atoms with Crippen LogP contribution < -0.4 is 0 Å². The molecule has 0 aliphatic heterocycles. The first-order valence-electron chi connectivity index (χ1n) is 8.14. The smallest absolute Gasteiger partial charge is 0.136 e. The van der Waals surface area contributed by atoms with E-state index in [1.807, 2.05) is 6.08 Å². The number of rotatable bonds is 8. The van der Waals surface area contributed by atoms with Gasteiger partial charge in [0.05, 0.1) is 0 Å². The van der Waals surface area contributed by atoms with Crippen LogP contribution in [0.4, 0.5) is 0 Å². The van der Waals surface area contributed by atoms with E-state index in [-0.39, 0.29) is 0 Å². The van der Waals surface area contributed by atoms with Crippen LogP contribution in [-0.4, -0.2) is 5.78 Å². The van der Waals surface area contributed by atoms with Crippen molar-refractivity contribution in [3.05, 3.63) is 12.7 Å². The van der Waals surface area contributed by atoms with Crippen molar-refractivity contribution in [1.82, 2.24) is 0 Å². The lowest BCUT2D eigenvalue weighted by atomic mass is 9.64. The summed E-state index contributed by atoms with van der Waals surface area (Å²) in [5, 5.41) is 0. The van der Waals surface area contributed by atoms with Crippen LogP contribution in [0.5, 0.6) is 0 Å². The lowest BCUT2D eigenvalue weighted by molar-refractivity contribution is -0.127. The van der Waals surface area contributed by atoms with Gasteiger partial charge in [-0.25, -0.2) is 0 Å². The minimum atomic E-state index is 0.320. The Bertz CT molecular complexity index is 290. The van der Waals surface area contributed by atoms with Crippen LogP contribution >= 0.6 is 0 Å². The van der Waals surface area contributed by atoms with Gasteiger partial charge in [-0.15, -0.1) is 6.58 Å². The van der Waals surface area contributed by atoms with Gasteiger partial charge >= 0.3 is 0 Å². The quantitative estimate of drug-likeness (QED) is 0.415. The number of unbranched alkanes of at least 4 members (excludes halogenated alkanes) is 2. The van der Waals surface area contributed by atoms with Gasteiger partial charge < -0.3 is 0 Å².